The zero-order valence-electron chi connectivity index (χ0n) is 11.0. The number of hydrogen-bond acceptors (Lipinski definition) is 4. The van der Waals surface area contributed by atoms with Gasteiger partial charge < -0.3 is 10.1 Å². The fourth-order valence-electron chi connectivity index (χ4n) is 1.83. The molecule has 0 radical (unpaired) electrons. The van der Waals surface area contributed by atoms with Crippen LogP contribution < -0.4 is 0 Å². The fourth-order valence-corrected chi connectivity index (χ4v) is 2.52. The van der Waals surface area contributed by atoms with Crippen LogP contribution in [0.2, 0.25) is 5.02 Å². The lowest BCUT2D eigenvalue weighted by Gasteiger charge is -2.16. The van der Waals surface area contributed by atoms with Gasteiger partial charge in [0.05, 0.1) is 11.3 Å². The van der Waals surface area contributed by atoms with Crippen molar-refractivity contribution in [3.63, 3.8) is 0 Å². The molecule has 0 saturated heterocycles. The van der Waals surface area contributed by atoms with Crippen LogP contribution in [0.15, 0.2) is 28.9 Å². The van der Waals surface area contributed by atoms with Crippen LogP contribution in [0.25, 0.3) is 0 Å². The van der Waals surface area contributed by atoms with Gasteiger partial charge in [0.2, 0.25) is 0 Å². The molecule has 1 aromatic carbocycles. The van der Waals surface area contributed by atoms with Crippen molar-refractivity contribution < 1.29 is 9.31 Å². The lowest BCUT2D eigenvalue weighted by molar-refractivity contribution is -0.390. The highest BCUT2D eigenvalue weighted by molar-refractivity contribution is 9.10. The molecule has 0 aliphatic rings. The van der Waals surface area contributed by atoms with Crippen molar-refractivity contribution in [3.05, 3.63) is 55.4 Å². The van der Waals surface area contributed by atoms with Crippen molar-refractivity contribution >= 4 is 33.3 Å². The third-order valence-corrected chi connectivity index (χ3v) is 3.66. The Bertz CT molecular complexity index is 659. The topological polar surface area (TPSA) is 64.2 Å². The van der Waals surface area contributed by atoms with E-state index in [0.29, 0.717) is 15.1 Å². The first-order chi connectivity index (χ1) is 9.88. The number of rotatable bonds is 5. The Kier molecular flexibility index (Phi) is 4.92. The van der Waals surface area contributed by atoms with E-state index in [1.165, 1.54) is 23.0 Å². The molecule has 0 aliphatic carbocycles. The van der Waals surface area contributed by atoms with Gasteiger partial charge in [-0.2, -0.15) is 4.68 Å². The van der Waals surface area contributed by atoms with Crippen molar-refractivity contribution in [2.45, 2.75) is 13.2 Å². The van der Waals surface area contributed by atoms with E-state index in [4.69, 9.17) is 11.6 Å². The molecule has 0 N–H and O–H groups in total. The lowest BCUT2D eigenvalue weighted by Crippen LogP contribution is -2.22. The van der Waals surface area contributed by atoms with Gasteiger partial charge >= 0.3 is 5.82 Å². The SMILES string of the molecule is CN(Cc1c(F)cccc1Cl)Cn1cc(Br)c([N+](=O)[O-])n1. The highest BCUT2D eigenvalue weighted by Gasteiger charge is 2.19. The first-order valence-electron chi connectivity index (χ1n) is 5.87. The second kappa shape index (κ2) is 6.50. The number of hydrogen-bond donors (Lipinski definition) is 0. The summed E-state index contributed by atoms with van der Waals surface area (Å²) in [4.78, 5) is 11.9. The van der Waals surface area contributed by atoms with Crippen LogP contribution in [0, 0.1) is 15.9 Å². The molecule has 2 rings (SSSR count). The quantitative estimate of drug-likeness (QED) is 0.591. The van der Waals surface area contributed by atoms with Gasteiger partial charge in [0.15, 0.2) is 0 Å². The smallest absolute Gasteiger partial charge is 0.358 e. The molecule has 0 saturated carbocycles. The van der Waals surface area contributed by atoms with Gasteiger partial charge in [-0.15, -0.1) is 0 Å². The number of nitrogens with zero attached hydrogens (tertiary/aromatic N) is 4. The normalized spacial score (nSPS) is 11.1. The summed E-state index contributed by atoms with van der Waals surface area (Å²) in [6.45, 7) is 0.522. The van der Waals surface area contributed by atoms with Crippen molar-refractivity contribution in [2.75, 3.05) is 7.05 Å². The van der Waals surface area contributed by atoms with Gasteiger partial charge in [-0.05, 0) is 40.0 Å². The predicted octanol–water partition coefficient (Wildman–Crippen LogP) is 3.44. The van der Waals surface area contributed by atoms with Gasteiger partial charge in [0.25, 0.3) is 0 Å². The highest BCUT2D eigenvalue weighted by atomic mass is 79.9. The number of halogens is 3. The average Bonchev–Trinajstić information content (AvgIpc) is 2.75. The lowest BCUT2D eigenvalue weighted by atomic mass is 10.2. The summed E-state index contributed by atoms with van der Waals surface area (Å²) in [5.41, 5.74) is 0.377. The second-order valence-electron chi connectivity index (χ2n) is 4.45. The van der Waals surface area contributed by atoms with Gasteiger partial charge in [0.1, 0.15) is 17.0 Å². The molecule has 0 spiro atoms. The molecule has 112 valence electrons. The summed E-state index contributed by atoms with van der Waals surface area (Å²) >= 11 is 9.03. The monoisotopic (exact) mass is 376 g/mol. The summed E-state index contributed by atoms with van der Waals surface area (Å²) in [5.74, 6) is -0.644. The van der Waals surface area contributed by atoms with Crippen molar-refractivity contribution in [1.82, 2.24) is 14.7 Å². The largest absolute Gasteiger partial charge is 0.404 e. The minimum atomic E-state index is -0.575. The Labute approximate surface area is 133 Å². The number of benzene rings is 1. The van der Waals surface area contributed by atoms with E-state index in [0.717, 1.165) is 0 Å². The number of aromatic nitrogens is 2. The summed E-state index contributed by atoms with van der Waals surface area (Å²) < 4.78 is 15.4. The third-order valence-electron chi connectivity index (χ3n) is 2.75. The van der Waals surface area contributed by atoms with Crippen LogP contribution >= 0.6 is 27.5 Å². The molecular formula is C12H11BrClFN4O2. The van der Waals surface area contributed by atoms with Crippen LogP contribution in [0.1, 0.15) is 5.56 Å². The average molecular weight is 378 g/mol. The van der Waals surface area contributed by atoms with Crippen LogP contribution in [-0.4, -0.2) is 26.7 Å². The summed E-state index contributed by atoms with van der Waals surface area (Å²) in [5, 5.41) is 14.9. The molecule has 0 amide bonds. The number of nitro groups is 1. The Morgan fingerprint density at radius 2 is 2.29 bits per heavy atom. The first-order valence-corrected chi connectivity index (χ1v) is 7.04. The summed E-state index contributed by atoms with van der Waals surface area (Å²) in [6, 6.07) is 4.49. The van der Waals surface area contributed by atoms with Gasteiger partial charge in [-0.25, -0.2) is 4.39 Å². The molecular weight excluding hydrogens is 367 g/mol. The Hall–Kier alpha value is -1.51. The zero-order valence-corrected chi connectivity index (χ0v) is 13.3. The van der Waals surface area contributed by atoms with Gasteiger partial charge in [-0.1, -0.05) is 17.7 Å². The maximum absolute atomic E-state index is 13.7. The maximum Gasteiger partial charge on any atom is 0.404 e. The minimum absolute atomic E-state index is 0.257. The van der Waals surface area contributed by atoms with Crippen LogP contribution in [-0.2, 0) is 13.2 Å². The van der Waals surface area contributed by atoms with Crippen molar-refractivity contribution in [2.24, 2.45) is 0 Å². The Balaban J connectivity index is 2.10. The van der Waals surface area contributed by atoms with E-state index in [1.54, 1.807) is 18.0 Å². The highest BCUT2D eigenvalue weighted by Crippen LogP contribution is 2.23. The predicted molar refractivity (Wildman–Crippen MR) is 79.5 cm³/mol. The van der Waals surface area contributed by atoms with Gasteiger partial charge in [-0.3, -0.25) is 4.90 Å². The van der Waals surface area contributed by atoms with E-state index in [-0.39, 0.29) is 24.8 Å². The molecule has 6 nitrogen and oxygen atoms in total. The molecule has 1 heterocycles. The van der Waals surface area contributed by atoms with E-state index in [2.05, 4.69) is 21.0 Å². The van der Waals surface area contributed by atoms with E-state index < -0.39 is 4.92 Å². The van der Waals surface area contributed by atoms with Crippen molar-refractivity contribution in [1.29, 1.82) is 0 Å². The molecule has 0 bridgehead atoms. The standard InChI is InChI=1S/C12H11BrClFN4O2/c1-17(5-8-10(14)3-2-4-11(8)15)7-18-6-9(13)12(16-18)19(20)21/h2-4,6H,5,7H2,1H3. The Morgan fingerprint density at radius 3 is 2.86 bits per heavy atom. The van der Waals surface area contributed by atoms with Crippen LogP contribution in [0.4, 0.5) is 10.2 Å². The molecule has 2 aromatic rings. The van der Waals surface area contributed by atoms with Crippen LogP contribution in [0.3, 0.4) is 0 Å². The van der Waals surface area contributed by atoms with Crippen LogP contribution in [0.5, 0.6) is 0 Å². The molecule has 9 heteroatoms. The second-order valence-corrected chi connectivity index (χ2v) is 5.71. The Morgan fingerprint density at radius 1 is 1.57 bits per heavy atom. The van der Waals surface area contributed by atoms with Crippen molar-refractivity contribution in [3.8, 4) is 0 Å². The van der Waals surface area contributed by atoms with E-state index in [1.807, 2.05) is 0 Å². The third kappa shape index (κ3) is 3.78. The molecule has 0 fully saturated rings. The van der Waals surface area contributed by atoms with E-state index in [9.17, 15) is 14.5 Å². The molecule has 21 heavy (non-hydrogen) atoms. The summed E-state index contributed by atoms with van der Waals surface area (Å²) in [6.07, 6.45) is 1.50. The molecule has 0 unspecified atom stereocenters. The molecule has 0 aliphatic heterocycles. The van der Waals surface area contributed by atoms with Gasteiger partial charge in [0, 0.05) is 17.1 Å². The fraction of sp³-hybridized carbons (Fsp3) is 0.250. The zero-order chi connectivity index (χ0) is 15.6. The summed E-state index contributed by atoms with van der Waals surface area (Å²) in [7, 11) is 1.74. The minimum Gasteiger partial charge on any atom is -0.358 e. The molecule has 0 atom stereocenters. The maximum atomic E-state index is 13.7. The first kappa shape index (κ1) is 15.9. The van der Waals surface area contributed by atoms with E-state index >= 15 is 0 Å². The molecule has 1 aromatic heterocycles.